The Kier molecular flexibility index (Phi) is 7.23. The van der Waals surface area contributed by atoms with Crippen molar-refractivity contribution in [3.05, 3.63) is 47.5 Å². The zero-order valence-electron chi connectivity index (χ0n) is 20.3. The SMILES string of the molecule is C.[2H]C([2H])(c1ccc(O)c(O)c1)[C@]([2H])(N)C(C)=O.[2H][C@H](c1ccc(O)c(O)c1)[C@]([2H])(N)C(C)=O. The van der Waals surface area contributed by atoms with E-state index in [0.717, 1.165) is 38.1 Å². The molecule has 8 heteroatoms. The Morgan fingerprint density at radius 3 is 1.69 bits per heavy atom. The second-order valence-electron chi connectivity index (χ2n) is 5.70. The van der Waals surface area contributed by atoms with E-state index in [2.05, 4.69) is 0 Å². The van der Waals surface area contributed by atoms with Crippen molar-refractivity contribution in [2.75, 3.05) is 0 Å². The number of ketones is 2. The normalized spacial score (nSPS) is 18.3. The van der Waals surface area contributed by atoms with Crippen molar-refractivity contribution in [2.24, 2.45) is 11.5 Å². The Morgan fingerprint density at radius 1 is 0.862 bits per heavy atom. The third-order valence-electron chi connectivity index (χ3n) is 3.36. The summed E-state index contributed by atoms with van der Waals surface area (Å²) in [6.45, 7) is 2.15. The number of phenolic OH excluding ortho intramolecular Hbond substituents is 4. The number of hydrogen-bond acceptors (Lipinski definition) is 8. The largest absolute Gasteiger partial charge is 0.504 e. The van der Waals surface area contributed by atoms with E-state index >= 15 is 0 Å². The summed E-state index contributed by atoms with van der Waals surface area (Å²) in [7, 11) is 0. The number of phenols is 4. The molecule has 0 fully saturated rings. The highest BCUT2D eigenvalue weighted by Gasteiger charge is 2.11. The molecular formula is C21H30N2O6. The Balaban J connectivity index is 0.000000623. The van der Waals surface area contributed by atoms with Gasteiger partial charge in [0.05, 0.1) is 14.8 Å². The first-order chi connectivity index (χ1) is 14.9. The van der Waals surface area contributed by atoms with Gasteiger partial charge in [-0.1, -0.05) is 19.6 Å². The molecule has 160 valence electrons. The first kappa shape index (κ1) is 18.0. The molecule has 0 aliphatic rings. The van der Waals surface area contributed by atoms with Crippen molar-refractivity contribution < 1.29 is 36.9 Å². The molecule has 2 aromatic carbocycles. The Hall–Kier alpha value is -3.10. The quantitative estimate of drug-likeness (QED) is 0.391. The molecule has 0 saturated heterocycles. The van der Waals surface area contributed by atoms with E-state index in [0.29, 0.717) is 0 Å². The lowest BCUT2D eigenvalue weighted by molar-refractivity contribution is -0.119. The van der Waals surface area contributed by atoms with E-state index in [4.69, 9.17) is 28.5 Å². The fourth-order valence-corrected chi connectivity index (χ4v) is 1.76. The van der Waals surface area contributed by atoms with Crippen LogP contribution in [0.4, 0.5) is 0 Å². The number of nitrogens with two attached hydrogens (primary N) is 2. The molecule has 0 aliphatic heterocycles. The van der Waals surface area contributed by atoms with Gasteiger partial charge in [-0.3, -0.25) is 9.59 Å². The van der Waals surface area contributed by atoms with Gasteiger partial charge >= 0.3 is 0 Å². The highest BCUT2D eigenvalue weighted by Crippen LogP contribution is 2.26. The maximum absolute atomic E-state index is 11.2. The molecule has 2 aromatic rings. The molecule has 0 bridgehead atoms. The van der Waals surface area contributed by atoms with Crippen LogP contribution in [0.25, 0.3) is 0 Å². The van der Waals surface area contributed by atoms with Gasteiger partial charge in [0.1, 0.15) is 11.6 Å². The third kappa shape index (κ3) is 8.63. The molecular weight excluding hydrogens is 376 g/mol. The maximum Gasteiger partial charge on any atom is 0.157 e. The number of hydrogen-bond donors (Lipinski definition) is 6. The van der Waals surface area contributed by atoms with Gasteiger partial charge in [0.2, 0.25) is 0 Å². The zero-order chi connectivity index (χ0) is 25.9. The minimum atomic E-state index is -2.48. The molecule has 0 saturated carbocycles. The van der Waals surface area contributed by atoms with Crippen LogP contribution in [0.15, 0.2) is 36.4 Å². The summed E-state index contributed by atoms with van der Waals surface area (Å²) in [4.78, 5) is 22.3. The summed E-state index contributed by atoms with van der Waals surface area (Å²) in [5.41, 5.74) is 10.8. The number of carbonyl (C=O) groups excluding carboxylic acids is 2. The summed E-state index contributed by atoms with van der Waals surface area (Å²) in [6.07, 6.45) is -3.80. The van der Waals surface area contributed by atoms with Gasteiger partial charge in [0, 0.05) is 4.11 Å². The summed E-state index contributed by atoms with van der Waals surface area (Å²) >= 11 is 0. The highest BCUT2D eigenvalue weighted by molar-refractivity contribution is 5.81. The fraction of sp³-hybridized carbons (Fsp3) is 0.333. The van der Waals surface area contributed by atoms with Gasteiger partial charge in [-0.15, -0.1) is 0 Å². The number of carbonyl (C=O) groups is 2. The predicted octanol–water partition coefficient (Wildman–Crippen LogP) is 1.75. The van der Waals surface area contributed by atoms with E-state index in [1.165, 1.54) is 12.1 Å². The average Bonchev–Trinajstić information content (AvgIpc) is 2.71. The van der Waals surface area contributed by atoms with Crippen molar-refractivity contribution in [1.29, 1.82) is 0 Å². The summed E-state index contributed by atoms with van der Waals surface area (Å²) in [5, 5.41) is 36.7. The molecule has 2 rings (SSSR count). The molecule has 8 nitrogen and oxygen atoms in total. The van der Waals surface area contributed by atoms with Crippen LogP contribution in [0.3, 0.4) is 0 Å². The van der Waals surface area contributed by atoms with Crippen molar-refractivity contribution >= 4 is 11.6 Å². The molecule has 0 spiro atoms. The minimum absolute atomic E-state index is 0. The van der Waals surface area contributed by atoms with Gasteiger partial charge in [0.25, 0.3) is 0 Å². The van der Waals surface area contributed by atoms with Crippen molar-refractivity contribution in [3.8, 4) is 23.0 Å². The van der Waals surface area contributed by atoms with E-state index < -0.39 is 53.6 Å². The van der Waals surface area contributed by atoms with Crippen molar-refractivity contribution in [3.63, 3.8) is 0 Å². The number of aromatic hydroxyl groups is 4. The lowest BCUT2D eigenvalue weighted by Crippen LogP contribution is -2.30. The second-order valence-corrected chi connectivity index (χ2v) is 5.70. The number of rotatable bonds is 6. The lowest BCUT2D eigenvalue weighted by atomic mass is 10.0. The van der Waals surface area contributed by atoms with E-state index in [1.54, 1.807) is 0 Å². The molecule has 0 unspecified atom stereocenters. The summed E-state index contributed by atoms with van der Waals surface area (Å²) in [5.74, 6) is -3.17. The zero-order valence-corrected chi connectivity index (χ0v) is 15.3. The Morgan fingerprint density at radius 2 is 1.28 bits per heavy atom. The van der Waals surface area contributed by atoms with Gasteiger partial charge in [-0.25, -0.2) is 0 Å². The topological polar surface area (TPSA) is 167 Å². The first-order valence-electron chi connectivity index (χ1n) is 10.5. The third-order valence-corrected chi connectivity index (χ3v) is 3.36. The molecule has 29 heavy (non-hydrogen) atoms. The van der Waals surface area contributed by atoms with Crippen LogP contribution in [-0.2, 0) is 22.4 Å². The monoisotopic (exact) mass is 411 g/mol. The van der Waals surface area contributed by atoms with Gasteiger partial charge in [-0.05, 0) is 62.0 Å². The molecule has 0 aromatic heterocycles. The molecule has 0 aliphatic carbocycles. The molecule has 3 atom stereocenters. The van der Waals surface area contributed by atoms with E-state index in [-0.39, 0.29) is 24.3 Å². The minimum Gasteiger partial charge on any atom is -0.504 e. The van der Waals surface area contributed by atoms with Crippen molar-refractivity contribution in [2.45, 2.75) is 46.1 Å². The molecule has 0 heterocycles. The van der Waals surface area contributed by atoms with Crippen LogP contribution in [0, 0.1) is 0 Å². The molecule has 0 amide bonds. The second kappa shape index (κ2) is 11.7. The van der Waals surface area contributed by atoms with Crippen LogP contribution in [-0.4, -0.2) is 44.0 Å². The fourth-order valence-electron chi connectivity index (χ4n) is 1.76. The van der Waals surface area contributed by atoms with Crippen LogP contribution >= 0.6 is 0 Å². The van der Waals surface area contributed by atoms with Crippen LogP contribution in [0.5, 0.6) is 23.0 Å². The summed E-state index contributed by atoms with van der Waals surface area (Å²) < 4.78 is 38.2. The van der Waals surface area contributed by atoms with Crippen LogP contribution in [0.1, 0.15) is 39.3 Å². The van der Waals surface area contributed by atoms with Crippen LogP contribution in [0.2, 0.25) is 0 Å². The smallest absolute Gasteiger partial charge is 0.157 e. The average molecular weight is 412 g/mol. The Labute approximate surface area is 177 Å². The molecule has 8 N–H and O–H groups in total. The standard InChI is InChI=1S/2C10H13NO3.CH4/c2*1-6(12)8(11)4-7-2-3-9(13)10(14)5-7;/h2*2-3,5,8,13-14H,4,11H2,1H3;1H4/t2*8-;/m00./s1/i4D2,8D;4D,8D;/tm;4-,8+;/m01.. The highest BCUT2D eigenvalue weighted by atomic mass is 16.3. The molecule has 0 radical (unpaired) electrons. The van der Waals surface area contributed by atoms with E-state index in [1.807, 2.05) is 0 Å². The van der Waals surface area contributed by atoms with Gasteiger partial charge in [-0.2, -0.15) is 0 Å². The Bertz CT molecular complexity index is 1050. The van der Waals surface area contributed by atoms with Crippen molar-refractivity contribution in [1.82, 2.24) is 0 Å². The van der Waals surface area contributed by atoms with Crippen LogP contribution < -0.4 is 11.5 Å². The van der Waals surface area contributed by atoms with Gasteiger partial charge in [0.15, 0.2) is 23.0 Å². The number of benzene rings is 2. The van der Waals surface area contributed by atoms with E-state index in [9.17, 15) is 19.8 Å². The van der Waals surface area contributed by atoms with Gasteiger partial charge < -0.3 is 31.9 Å². The lowest BCUT2D eigenvalue weighted by Gasteiger charge is -2.08. The summed E-state index contributed by atoms with van der Waals surface area (Å²) in [6, 6.07) is 2.28. The first-order valence-corrected chi connectivity index (χ1v) is 7.93. The predicted molar refractivity (Wildman–Crippen MR) is 111 cm³/mol. The number of Topliss-reactive ketones (excluding diaryl/α,β-unsaturated/α-hetero) is 2. The maximum atomic E-state index is 11.2.